The van der Waals surface area contributed by atoms with Crippen molar-refractivity contribution in [2.45, 2.75) is 11.8 Å². The van der Waals surface area contributed by atoms with Gasteiger partial charge in [-0.25, -0.2) is 12.8 Å². The number of carbonyl (C=O) groups is 1. The highest BCUT2D eigenvalue weighted by Gasteiger charge is 2.21. The van der Waals surface area contributed by atoms with Crippen LogP contribution in [0.2, 0.25) is 0 Å². The molecule has 1 aromatic heterocycles. The SMILES string of the molecule is COc1ccccc1NS(=O)(=O)c1cc(NC(=O)c2cc(-c3ccccc3F)on2)ccc1C. The number of rotatable bonds is 7. The fourth-order valence-electron chi connectivity index (χ4n) is 3.26. The number of carbonyl (C=O) groups excluding carboxylic acids is 1. The summed E-state index contributed by atoms with van der Waals surface area (Å²) in [4.78, 5) is 12.6. The molecule has 1 heterocycles. The molecule has 0 atom stereocenters. The zero-order valence-corrected chi connectivity index (χ0v) is 19.0. The fourth-order valence-corrected chi connectivity index (χ4v) is 4.60. The van der Waals surface area contributed by atoms with E-state index >= 15 is 0 Å². The number of nitrogens with one attached hydrogen (secondary N) is 2. The number of nitrogens with zero attached hydrogens (tertiary/aromatic N) is 1. The Bertz CT molecular complexity index is 1470. The summed E-state index contributed by atoms with van der Waals surface area (Å²) in [6, 6.07) is 18.3. The summed E-state index contributed by atoms with van der Waals surface area (Å²) in [5.41, 5.74) is 1.06. The van der Waals surface area contributed by atoms with E-state index in [0.29, 0.717) is 11.3 Å². The van der Waals surface area contributed by atoms with Crippen molar-refractivity contribution in [2.24, 2.45) is 0 Å². The second kappa shape index (κ2) is 9.36. The monoisotopic (exact) mass is 481 g/mol. The third kappa shape index (κ3) is 4.76. The van der Waals surface area contributed by atoms with E-state index in [1.165, 1.54) is 37.4 Å². The van der Waals surface area contributed by atoms with Crippen LogP contribution in [-0.4, -0.2) is 26.6 Å². The van der Waals surface area contributed by atoms with Gasteiger partial charge in [-0.15, -0.1) is 0 Å². The summed E-state index contributed by atoms with van der Waals surface area (Å²) in [6.45, 7) is 1.64. The van der Waals surface area contributed by atoms with Crippen molar-refractivity contribution in [3.8, 4) is 17.1 Å². The number of aromatic nitrogens is 1. The average Bonchev–Trinajstić information content (AvgIpc) is 3.31. The molecular formula is C24H20FN3O5S. The van der Waals surface area contributed by atoms with Gasteiger partial charge in [0.2, 0.25) is 0 Å². The molecule has 0 aliphatic rings. The molecule has 4 aromatic rings. The molecule has 0 aliphatic heterocycles. The Kier molecular flexibility index (Phi) is 6.33. The van der Waals surface area contributed by atoms with Crippen molar-refractivity contribution in [1.29, 1.82) is 0 Å². The summed E-state index contributed by atoms with van der Waals surface area (Å²) in [5.74, 6) is -0.695. The Morgan fingerprint density at radius 2 is 1.76 bits per heavy atom. The van der Waals surface area contributed by atoms with Gasteiger partial charge in [-0.2, -0.15) is 0 Å². The van der Waals surface area contributed by atoms with Crippen molar-refractivity contribution in [3.05, 3.63) is 89.9 Å². The Labute approximate surface area is 195 Å². The normalized spacial score (nSPS) is 11.1. The first kappa shape index (κ1) is 23.0. The van der Waals surface area contributed by atoms with Gasteiger partial charge in [-0.1, -0.05) is 35.5 Å². The number of sulfonamides is 1. The van der Waals surface area contributed by atoms with E-state index < -0.39 is 21.7 Å². The van der Waals surface area contributed by atoms with Crippen molar-refractivity contribution >= 4 is 27.3 Å². The third-order valence-corrected chi connectivity index (χ3v) is 6.48. The Morgan fingerprint density at radius 1 is 1.03 bits per heavy atom. The van der Waals surface area contributed by atoms with Crippen LogP contribution in [0.15, 0.2) is 82.2 Å². The Hall–Kier alpha value is -4.18. The first-order valence-electron chi connectivity index (χ1n) is 10.1. The van der Waals surface area contributed by atoms with Crippen LogP contribution in [0, 0.1) is 12.7 Å². The maximum absolute atomic E-state index is 14.0. The number of ether oxygens (including phenoxy) is 1. The lowest BCUT2D eigenvalue weighted by molar-refractivity contribution is 0.101. The van der Waals surface area contributed by atoms with Crippen LogP contribution in [0.1, 0.15) is 16.1 Å². The molecule has 0 saturated heterocycles. The number of halogens is 1. The largest absolute Gasteiger partial charge is 0.495 e. The van der Waals surface area contributed by atoms with Crippen molar-refractivity contribution in [2.75, 3.05) is 17.1 Å². The second-order valence-corrected chi connectivity index (χ2v) is 8.95. The predicted octanol–water partition coefficient (Wildman–Crippen LogP) is 4.85. The van der Waals surface area contributed by atoms with Crippen molar-refractivity contribution < 1.29 is 26.9 Å². The highest BCUT2D eigenvalue weighted by Crippen LogP contribution is 2.29. The predicted molar refractivity (Wildman–Crippen MR) is 125 cm³/mol. The summed E-state index contributed by atoms with van der Waals surface area (Å²) in [7, 11) is -2.55. The minimum Gasteiger partial charge on any atom is -0.495 e. The molecular weight excluding hydrogens is 461 g/mol. The third-order valence-electron chi connectivity index (χ3n) is 4.97. The van der Waals surface area contributed by atoms with Crippen molar-refractivity contribution in [3.63, 3.8) is 0 Å². The molecule has 34 heavy (non-hydrogen) atoms. The number of aryl methyl sites for hydroxylation is 1. The van der Waals surface area contributed by atoms with Gasteiger partial charge in [-0.05, 0) is 48.9 Å². The van der Waals surface area contributed by atoms with Gasteiger partial charge in [0.15, 0.2) is 11.5 Å². The number of amides is 1. The molecule has 0 aliphatic carbocycles. The molecule has 0 saturated carbocycles. The molecule has 1 amide bonds. The van der Waals surface area contributed by atoms with Gasteiger partial charge in [-0.3, -0.25) is 9.52 Å². The summed E-state index contributed by atoms with van der Waals surface area (Å²) in [6.07, 6.45) is 0. The van der Waals surface area contributed by atoms with E-state index in [-0.39, 0.29) is 33.3 Å². The molecule has 10 heteroatoms. The lowest BCUT2D eigenvalue weighted by Crippen LogP contribution is -2.16. The summed E-state index contributed by atoms with van der Waals surface area (Å²) in [5, 5.41) is 6.29. The first-order chi connectivity index (χ1) is 16.3. The van der Waals surface area contributed by atoms with E-state index in [4.69, 9.17) is 9.26 Å². The smallest absolute Gasteiger partial charge is 0.277 e. The van der Waals surface area contributed by atoms with Gasteiger partial charge >= 0.3 is 0 Å². The van der Waals surface area contributed by atoms with Crippen LogP contribution in [0.4, 0.5) is 15.8 Å². The minimum absolute atomic E-state index is 0.0246. The fraction of sp³-hybridized carbons (Fsp3) is 0.0833. The number of hydrogen-bond acceptors (Lipinski definition) is 6. The van der Waals surface area contributed by atoms with Crippen LogP contribution in [0.3, 0.4) is 0 Å². The van der Waals surface area contributed by atoms with E-state index in [2.05, 4.69) is 15.2 Å². The van der Waals surface area contributed by atoms with Crippen LogP contribution >= 0.6 is 0 Å². The first-order valence-corrected chi connectivity index (χ1v) is 11.6. The van der Waals surface area contributed by atoms with E-state index in [0.717, 1.165) is 0 Å². The van der Waals surface area contributed by atoms with Crippen LogP contribution < -0.4 is 14.8 Å². The lowest BCUT2D eigenvalue weighted by atomic mass is 10.1. The number of hydrogen-bond donors (Lipinski definition) is 2. The number of benzene rings is 3. The number of methoxy groups -OCH3 is 1. The van der Waals surface area contributed by atoms with Crippen LogP contribution in [-0.2, 0) is 10.0 Å². The molecule has 0 bridgehead atoms. The standard InChI is InChI=1S/C24H20FN3O5S/c1-15-11-12-16(13-23(15)34(30,31)28-19-9-5-6-10-21(19)32-2)26-24(29)20-14-22(33-27-20)17-7-3-4-8-18(17)25/h3-14,28H,1-2H3,(H,26,29). The highest BCUT2D eigenvalue weighted by atomic mass is 32.2. The van der Waals surface area contributed by atoms with E-state index in [1.807, 2.05) is 0 Å². The van der Waals surface area contributed by atoms with Gasteiger partial charge in [0, 0.05) is 11.8 Å². The number of para-hydroxylation sites is 2. The topological polar surface area (TPSA) is 111 Å². The van der Waals surface area contributed by atoms with Crippen LogP contribution in [0.25, 0.3) is 11.3 Å². The van der Waals surface area contributed by atoms with Gasteiger partial charge in [0.05, 0.1) is 23.3 Å². The molecule has 0 unspecified atom stereocenters. The molecule has 0 fully saturated rings. The minimum atomic E-state index is -3.99. The van der Waals surface area contributed by atoms with E-state index in [9.17, 15) is 17.6 Å². The zero-order chi connectivity index (χ0) is 24.3. The highest BCUT2D eigenvalue weighted by molar-refractivity contribution is 7.92. The quantitative estimate of drug-likeness (QED) is 0.390. The second-order valence-electron chi connectivity index (χ2n) is 7.30. The van der Waals surface area contributed by atoms with Gasteiger partial charge in [0.1, 0.15) is 11.6 Å². The van der Waals surface area contributed by atoms with Crippen molar-refractivity contribution in [1.82, 2.24) is 5.16 Å². The molecule has 0 spiro atoms. The summed E-state index contributed by atoms with van der Waals surface area (Å²) >= 11 is 0. The Morgan fingerprint density at radius 3 is 2.53 bits per heavy atom. The molecule has 3 aromatic carbocycles. The van der Waals surface area contributed by atoms with Gasteiger partial charge in [0.25, 0.3) is 15.9 Å². The molecule has 2 N–H and O–H groups in total. The maximum atomic E-state index is 14.0. The van der Waals surface area contributed by atoms with Crippen LogP contribution in [0.5, 0.6) is 5.75 Å². The van der Waals surface area contributed by atoms with E-state index in [1.54, 1.807) is 49.4 Å². The maximum Gasteiger partial charge on any atom is 0.277 e. The molecule has 8 nitrogen and oxygen atoms in total. The summed E-state index contributed by atoms with van der Waals surface area (Å²) < 4.78 is 52.9. The van der Waals surface area contributed by atoms with Gasteiger partial charge < -0.3 is 14.6 Å². The average molecular weight is 482 g/mol. The lowest BCUT2D eigenvalue weighted by Gasteiger charge is -2.14. The Balaban J connectivity index is 1.57. The molecule has 0 radical (unpaired) electrons. The number of anilines is 2. The zero-order valence-electron chi connectivity index (χ0n) is 18.2. The molecule has 174 valence electrons. The molecule has 4 rings (SSSR count).